The molecule has 0 aliphatic carbocycles. The minimum atomic E-state index is -0.178. The second-order valence-electron chi connectivity index (χ2n) is 6.09. The maximum atomic E-state index is 10.7. The summed E-state index contributed by atoms with van der Waals surface area (Å²) in [5.74, 6) is 0.357. The number of likely N-dealkylation sites (tertiary alicyclic amines) is 1. The summed E-state index contributed by atoms with van der Waals surface area (Å²) in [5.41, 5.74) is 0.0554. The molecule has 0 spiro atoms. The molecule has 0 radical (unpaired) electrons. The van der Waals surface area contributed by atoms with Crippen molar-refractivity contribution in [1.82, 2.24) is 10.2 Å². The smallest absolute Gasteiger partial charge is 0.0747 e. The molecule has 0 aromatic carbocycles. The van der Waals surface area contributed by atoms with Gasteiger partial charge in [0.25, 0.3) is 0 Å². The molecule has 2 heterocycles. The van der Waals surface area contributed by atoms with Crippen LogP contribution < -0.4 is 5.32 Å². The second kappa shape index (κ2) is 5.68. The fraction of sp³-hybridized carbons (Fsp3) is 1.00. The predicted octanol–water partition coefficient (Wildman–Crippen LogP) is 1.61. The monoisotopic (exact) mass is 240 g/mol. The zero-order chi connectivity index (χ0) is 12.3. The van der Waals surface area contributed by atoms with Crippen LogP contribution in [0.15, 0.2) is 0 Å². The second-order valence-corrected chi connectivity index (χ2v) is 6.09. The van der Waals surface area contributed by atoms with Crippen LogP contribution in [0, 0.1) is 5.92 Å². The summed E-state index contributed by atoms with van der Waals surface area (Å²) in [6.07, 6.45) is 6.00. The molecule has 1 atom stereocenters. The first kappa shape index (κ1) is 13.3. The lowest BCUT2D eigenvalue weighted by molar-refractivity contribution is -0.0789. The maximum Gasteiger partial charge on any atom is 0.0747 e. The zero-order valence-corrected chi connectivity index (χ0v) is 11.4. The van der Waals surface area contributed by atoms with Crippen LogP contribution in [0.4, 0.5) is 0 Å². The molecule has 2 saturated heterocycles. The van der Waals surface area contributed by atoms with Crippen LogP contribution >= 0.6 is 0 Å². The molecule has 1 unspecified atom stereocenters. The van der Waals surface area contributed by atoms with Crippen molar-refractivity contribution in [2.75, 3.05) is 26.2 Å². The van der Waals surface area contributed by atoms with Gasteiger partial charge in [-0.05, 0) is 57.8 Å². The van der Waals surface area contributed by atoms with Gasteiger partial charge in [0, 0.05) is 5.54 Å². The lowest BCUT2D eigenvalue weighted by atomic mass is 9.76. The van der Waals surface area contributed by atoms with Crippen LogP contribution in [0.1, 0.15) is 46.0 Å². The first-order valence-electron chi connectivity index (χ1n) is 7.31. The zero-order valence-electron chi connectivity index (χ0n) is 11.4. The Morgan fingerprint density at radius 3 is 2.18 bits per heavy atom. The summed E-state index contributed by atoms with van der Waals surface area (Å²) in [6.45, 7) is 8.78. The quantitative estimate of drug-likeness (QED) is 0.787. The van der Waals surface area contributed by atoms with E-state index in [2.05, 4.69) is 24.1 Å². The van der Waals surface area contributed by atoms with E-state index < -0.39 is 0 Å². The summed E-state index contributed by atoms with van der Waals surface area (Å²) in [5, 5.41) is 14.1. The molecule has 2 aliphatic heterocycles. The molecule has 2 aliphatic rings. The van der Waals surface area contributed by atoms with Crippen molar-refractivity contribution in [2.45, 2.75) is 57.6 Å². The molecule has 0 bridgehead atoms. The van der Waals surface area contributed by atoms with Gasteiger partial charge in [0.1, 0.15) is 0 Å². The summed E-state index contributed by atoms with van der Waals surface area (Å²) in [6, 6.07) is 0. The molecule has 2 fully saturated rings. The van der Waals surface area contributed by atoms with Crippen LogP contribution in [0.25, 0.3) is 0 Å². The minimum absolute atomic E-state index is 0.0554. The van der Waals surface area contributed by atoms with Crippen molar-refractivity contribution in [3.8, 4) is 0 Å². The third-order valence-corrected chi connectivity index (χ3v) is 4.64. The summed E-state index contributed by atoms with van der Waals surface area (Å²) in [4.78, 5) is 2.60. The van der Waals surface area contributed by atoms with E-state index in [4.69, 9.17) is 0 Å². The minimum Gasteiger partial charge on any atom is -0.391 e. The number of nitrogens with zero attached hydrogens (tertiary/aromatic N) is 1. The largest absolute Gasteiger partial charge is 0.391 e. The Hall–Kier alpha value is -0.120. The molecule has 0 amide bonds. The standard InChI is InChI=1S/C14H28N2O/c1-12(2)13(17)14(6-8-15-9-7-14)16-10-4-3-5-11-16/h12-13,15,17H,3-11H2,1-2H3. The van der Waals surface area contributed by atoms with E-state index in [0.717, 1.165) is 25.9 Å². The van der Waals surface area contributed by atoms with Gasteiger partial charge in [-0.15, -0.1) is 0 Å². The van der Waals surface area contributed by atoms with E-state index >= 15 is 0 Å². The molecule has 3 nitrogen and oxygen atoms in total. The lowest BCUT2D eigenvalue weighted by Crippen LogP contribution is -2.63. The average Bonchev–Trinajstić information content (AvgIpc) is 2.39. The van der Waals surface area contributed by atoms with E-state index in [1.807, 2.05) is 0 Å². The van der Waals surface area contributed by atoms with Gasteiger partial charge in [0.2, 0.25) is 0 Å². The van der Waals surface area contributed by atoms with Gasteiger partial charge >= 0.3 is 0 Å². The third-order valence-electron chi connectivity index (χ3n) is 4.64. The molecule has 0 aromatic heterocycles. The summed E-state index contributed by atoms with van der Waals surface area (Å²) >= 11 is 0. The maximum absolute atomic E-state index is 10.7. The van der Waals surface area contributed by atoms with Gasteiger partial charge in [-0.1, -0.05) is 20.3 Å². The van der Waals surface area contributed by atoms with E-state index in [9.17, 15) is 5.11 Å². The van der Waals surface area contributed by atoms with Crippen LogP contribution in [0.3, 0.4) is 0 Å². The molecule has 17 heavy (non-hydrogen) atoms. The molecule has 3 heteroatoms. The highest BCUT2D eigenvalue weighted by Crippen LogP contribution is 2.35. The molecule has 0 saturated carbocycles. The number of aliphatic hydroxyl groups is 1. The Morgan fingerprint density at radius 2 is 1.65 bits per heavy atom. The Bertz CT molecular complexity index is 230. The molecule has 0 aromatic rings. The highest BCUT2D eigenvalue weighted by Gasteiger charge is 2.45. The van der Waals surface area contributed by atoms with Crippen LogP contribution in [-0.4, -0.2) is 47.8 Å². The van der Waals surface area contributed by atoms with E-state index in [1.165, 1.54) is 32.4 Å². The van der Waals surface area contributed by atoms with E-state index in [1.54, 1.807) is 0 Å². The number of hydrogen-bond acceptors (Lipinski definition) is 3. The average molecular weight is 240 g/mol. The van der Waals surface area contributed by atoms with Crippen LogP contribution in [-0.2, 0) is 0 Å². The topological polar surface area (TPSA) is 35.5 Å². The van der Waals surface area contributed by atoms with Crippen molar-refractivity contribution in [3.05, 3.63) is 0 Å². The fourth-order valence-electron chi connectivity index (χ4n) is 3.62. The molecule has 2 N–H and O–H groups in total. The van der Waals surface area contributed by atoms with Gasteiger partial charge in [0.15, 0.2) is 0 Å². The van der Waals surface area contributed by atoms with Crippen LogP contribution in [0.2, 0.25) is 0 Å². The van der Waals surface area contributed by atoms with Gasteiger partial charge in [-0.2, -0.15) is 0 Å². The van der Waals surface area contributed by atoms with Crippen molar-refractivity contribution >= 4 is 0 Å². The molecule has 2 rings (SSSR count). The van der Waals surface area contributed by atoms with Crippen molar-refractivity contribution in [3.63, 3.8) is 0 Å². The Morgan fingerprint density at radius 1 is 1.06 bits per heavy atom. The number of nitrogens with one attached hydrogen (secondary N) is 1. The Labute approximate surface area is 106 Å². The normalized spacial score (nSPS) is 28.2. The highest BCUT2D eigenvalue weighted by atomic mass is 16.3. The van der Waals surface area contributed by atoms with Crippen molar-refractivity contribution in [1.29, 1.82) is 0 Å². The summed E-state index contributed by atoms with van der Waals surface area (Å²) < 4.78 is 0. The van der Waals surface area contributed by atoms with Gasteiger partial charge in [0.05, 0.1) is 6.10 Å². The van der Waals surface area contributed by atoms with Crippen molar-refractivity contribution < 1.29 is 5.11 Å². The number of hydrogen-bond donors (Lipinski definition) is 2. The third kappa shape index (κ3) is 2.67. The lowest BCUT2D eigenvalue weighted by Gasteiger charge is -2.52. The molecular formula is C14H28N2O. The number of rotatable bonds is 3. The van der Waals surface area contributed by atoms with E-state index in [0.29, 0.717) is 5.92 Å². The van der Waals surface area contributed by atoms with Gasteiger partial charge in [-0.3, -0.25) is 4.90 Å². The Balaban J connectivity index is 2.15. The van der Waals surface area contributed by atoms with Gasteiger partial charge < -0.3 is 10.4 Å². The fourth-order valence-corrected chi connectivity index (χ4v) is 3.62. The SMILES string of the molecule is CC(C)C(O)C1(N2CCCCC2)CCNCC1. The molecule has 100 valence electrons. The highest BCUT2D eigenvalue weighted by molar-refractivity contribution is 5.01. The first-order chi connectivity index (χ1) is 8.17. The van der Waals surface area contributed by atoms with Crippen molar-refractivity contribution in [2.24, 2.45) is 5.92 Å². The number of aliphatic hydroxyl groups excluding tert-OH is 1. The molecular weight excluding hydrogens is 212 g/mol. The van der Waals surface area contributed by atoms with E-state index in [-0.39, 0.29) is 11.6 Å². The first-order valence-corrected chi connectivity index (χ1v) is 7.31. The predicted molar refractivity (Wildman–Crippen MR) is 71.1 cm³/mol. The number of piperidine rings is 2. The van der Waals surface area contributed by atoms with Gasteiger partial charge in [-0.25, -0.2) is 0 Å². The summed E-state index contributed by atoms with van der Waals surface area (Å²) in [7, 11) is 0. The Kier molecular flexibility index (Phi) is 4.45. The van der Waals surface area contributed by atoms with Crippen LogP contribution in [0.5, 0.6) is 0 Å².